The van der Waals surface area contributed by atoms with E-state index in [0.717, 1.165) is 25.9 Å². The topological polar surface area (TPSA) is 41.1 Å². The molecular formula is C12H14BrFN2O. The summed E-state index contributed by atoms with van der Waals surface area (Å²) in [5, 5.41) is 6.05. The van der Waals surface area contributed by atoms with Crippen molar-refractivity contribution >= 4 is 21.8 Å². The Morgan fingerprint density at radius 3 is 3.00 bits per heavy atom. The highest BCUT2D eigenvalue weighted by Gasteiger charge is 2.20. The molecule has 1 aliphatic heterocycles. The molecule has 0 spiro atoms. The fourth-order valence-electron chi connectivity index (χ4n) is 1.95. The third kappa shape index (κ3) is 3.04. The maximum Gasteiger partial charge on any atom is 0.255 e. The fraction of sp³-hybridized carbons (Fsp3) is 0.417. The number of rotatable bonds is 2. The predicted molar refractivity (Wildman–Crippen MR) is 67.5 cm³/mol. The highest BCUT2D eigenvalue weighted by Crippen LogP contribution is 2.19. The minimum Gasteiger partial charge on any atom is -0.348 e. The molecule has 1 unspecified atom stereocenters. The van der Waals surface area contributed by atoms with Crippen LogP contribution in [0.1, 0.15) is 23.2 Å². The molecule has 1 aromatic rings. The van der Waals surface area contributed by atoms with Gasteiger partial charge in [-0.15, -0.1) is 0 Å². The average Bonchev–Trinajstić information content (AvgIpc) is 2.30. The number of hydrogen-bond donors (Lipinski definition) is 2. The first-order chi connectivity index (χ1) is 8.18. The van der Waals surface area contributed by atoms with Crippen molar-refractivity contribution < 1.29 is 9.18 Å². The van der Waals surface area contributed by atoms with Gasteiger partial charge in [0.2, 0.25) is 0 Å². The van der Waals surface area contributed by atoms with Crippen molar-refractivity contribution in [1.82, 2.24) is 10.6 Å². The molecule has 2 N–H and O–H groups in total. The monoisotopic (exact) mass is 300 g/mol. The largest absolute Gasteiger partial charge is 0.348 e. The normalized spacial score (nSPS) is 20.0. The second kappa shape index (κ2) is 5.60. The number of carbonyl (C=O) groups is 1. The van der Waals surface area contributed by atoms with E-state index in [1.165, 1.54) is 6.07 Å². The third-order valence-corrected chi connectivity index (χ3v) is 3.48. The fourth-order valence-corrected chi connectivity index (χ4v) is 2.47. The molecule has 0 aromatic heterocycles. The van der Waals surface area contributed by atoms with Crippen LogP contribution in [-0.4, -0.2) is 25.0 Å². The van der Waals surface area contributed by atoms with Gasteiger partial charge < -0.3 is 10.6 Å². The van der Waals surface area contributed by atoms with Crippen molar-refractivity contribution in [2.24, 2.45) is 0 Å². The van der Waals surface area contributed by atoms with Gasteiger partial charge in [0.25, 0.3) is 5.91 Å². The Kier molecular flexibility index (Phi) is 4.12. The van der Waals surface area contributed by atoms with Crippen molar-refractivity contribution in [2.75, 3.05) is 13.1 Å². The van der Waals surface area contributed by atoms with E-state index in [0.29, 0.717) is 4.47 Å². The molecule has 2 rings (SSSR count). The molecule has 0 saturated carbocycles. The number of piperidine rings is 1. The highest BCUT2D eigenvalue weighted by atomic mass is 79.9. The SMILES string of the molecule is O=C(NC1CCCNC1)c1c(F)cccc1Br. The third-order valence-electron chi connectivity index (χ3n) is 2.82. The summed E-state index contributed by atoms with van der Waals surface area (Å²) in [6.45, 7) is 1.73. The zero-order valence-corrected chi connectivity index (χ0v) is 10.9. The van der Waals surface area contributed by atoms with Crippen LogP contribution < -0.4 is 10.6 Å². The van der Waals surface area contributed by atoms with Gasteiger partial charge in [-0.25, -0.2) is 4.39 Å². The quantitative estimate of drug-likeness (QED) is 0.878. The van der Waals surface area contributed by atoms with E-state index in [9.17, 15) is 9.18 Å². The summed E-state index contributed by atoms with van der Waals surface area (Å²) in [6.07, 6.45) is 1.97. The van der Waals surface area contributed by atoms with Crippen molar-refractivity contribution in [3.63, 3.8) is 0 Å². The molecule has 1 heterocycles. The maximum atomic E-state index is 13.5. The van der Waals surface area contributed by atoms with Gasteiger partial charge in [-0.3, -0.25) is 4.79 Å². The number of carbonyl (C=O) groups excluding carboxylic acids is 1. The molecule has 1 amide bonds. The summed E-state index contributed by atoms with van der Waals surface area (Å²) < 4.78 is 14.0. The molecule has 1 fully saturated rings. The Bertz CT molecular complexity index is 399. The first-order valence-electron chi connectivity index (χ1n) is 5.64. The van der Waals surface area contributed by atoms with E-state index in [4.69, 9.17) is 0 Å². The number of benzene rings is 1. The van der Waals surface area contributed by atoms with E-state index >= 15 is 0 Å². The van der Waals surface area contributed by atoms with Crippen LogP contribution in [0.15, 0.2) is 22.7 Å². The molecule has 1 aliphatic rings. The van der Waals surface area contributed by atoms with E-state index < -0.39 is 5.82 Å². The van der Waals surface area contributed by atoms with Gasteiger partial charge in [-0.05, 0) is 47.4 Å². The number of hydrogen-bond acceptors (Lipinski definition) is 2. The van der Waals surface area contributed by atoms with Crippen molar-refractivity contribution in [3.05, 3.63) is 34.1 Å². The molecule has 3 nitrogen and oxygen atoms in total. The summed E-state index contributed by atoms with van der Waals surface area (Å²) in [5.74, 6) is -0.857. The van der Waals surface area contributed by atoms with Gasteiger partial charge in [-0.1, -0.05) is 6.07 Å². The molecule has 17 heavy (non-hydrogen) atoms. The minimum atomic E-state index is -0.499. The lowest BCUT2D eigenvalue weighted by molar-refractivity contribution is 0.0926. The Morgan fingerprint density at radius 1 is 1.53 bits per heavy atom. The first-order valence-corrected chi connectivity index (χ1v) is 6.43. The van der Waals surface area contributed by atoms with Crippen LogP contribution in [0.5, 0.6) is 0 Å². The number of amides is 1. The number of nitrogens with one attached hydrogen (secondary N) is 2. The van der Waals surface area contributed by atoms with Crippen molar-refractivity contribution in [3.8, 4) is 0 Å². The molecule has 0 radical (unpaired) electrons. The standard InChI is InChI=1S/C12H14BrFN2O/c13-9-4-1-5-10(14)11(9)12(17)16-8-3-2-6-15-7-8/h1,4-5,8,15H,2-3,6-7H2,(H,16,17). The maximum absolute atomic E-state index is 13.5. The van der Waals surface area contributed by atoms with Crippen molar-refractivity contribution in [2.45, 2.75) is 18.9 Å². The summed E-state index contributed by atoms with van der Waals surface area (Å²) in [6, 6.07) is 4.61. The Hall–Kier alpha value is -0.940. The average molecular weight is 301 g/mol. The second-order valence-electron chi connectivity index (χ2n) is 4.11. The van der Waals surface area contributed by atoms with E-state index in [-0.39, 0.29) is 17.5 Å². The molecule has 5 heteroatoms. The van der Waals surface area contributed by atoms with Crippen molar-refractivity contribution in [1.29, 1.82) is 0 Å². The molecule has 0 bridgehead atoms. The first kappa shape index (κ1) is 12.5. The summed E-state index contributed by atoms with van der Waals surface area (Å²) in [5.41, 5.74) is 0.0815. The number of halogens is 2. The molecule has 1 saturated heterocycles. The zero-order valence-electron chi connectivity index (χ0n) is 9.30. The van der Waals surface area contributed by atoms with Crippen LogP contribution in [0.4, 0.5) is 4.39 Å². The smallest absolute Gasteiger partial charge is 0.255 e. The van der Waals surface area contributed by atoms with Gasteiger partial charge in [0.1, 0.15) is 5.82 Å². The predicted octanol–water partition coefficient (Wildman–Crippen LogP) is 2.07. The van der Waals surface area contributed by atoms with Crippen LogP contribution in [0.25, 0.3) is 0 Å². The van der Waals surface area contributed by atoms with Crippen LogP contribution in [0, 0.1) is 5.82 Å². The molecule has 0 aliphatic carbocycles. The Labute approximate surface area is 108 Å². The zero-order chi connectivity index (χ0) is 12.3. The summed E-state index contributed by atoms with van der Waals surface area (Å²) >= 11 is 3.20. The van der Waals surface area contributed by atoms with Crippen LogP contribution in [0.2, 0.25) is 0 Å². The molecule has 1 aromatic carbocycles. The van der Waals surface area contributed by atoms with Crippen LogP contribution in [-0.2, 0) is 0 Å². The highest BCUT2D eigenvalue weighted by molar-refractivity contribution is 9.10. The Morgan fingerprint density at radius 2 is 2.35 bits per heavy atom. The van der Waals surface area contributed by atoms with E-state index in [1.54, 1.807) is 12.1 Å². The lowest BCUT2D eigenvalue weighted by atomic mass is 10.1. The Balaban J connectivity index is 2.08. The van der Waals surface area contributed by atoms with Gasteiger partial charge >= 0.3 is 0 Å². The van der Waals surface area contributed by atoms with Crippen LogP contribution >= 0.6 is 15.9 Å². The van der Waals surface area contributed by atoms with Gasteiger partial charge in [0, 0.05) is 17.1 Å². The second-order valence-corrected chi connectivity index (χ2v) is 4.97. The van der Waals surface area contributed by atoms with Crippen LogP contribution in [0.3, 0.4) is 0 Å². The molecular weight excluding hydrogens is 287 g/mol. The van der Waals surface area contributed by atoms with E-state index in [1.807, 2.05) is 0 Å². The molecule has 1 atom stereocenters. The van der Waals surface area contributed by atoms with Gasteiger partial charge in [0.05, 0.1) is 5.56 Å². The minimum absolute atomic E-state index is 0.0815. The molecule has 92 valence electrons. The van der Waals surface area contributed by atoms with Gasteiger partial charge in [0.15, 0.2) is 0 Å². The lowest BCUT2D eigenvalue weighted by Crippen LogP contribution is -2.45. The summed E-state index contributed by atoms with van der Waals surface area (Å²) in [7, 11) is 0. The lowest BCUT2D eigenvalue weighted by Gasteiger charge is -2.24. The van der Waals surface area contributed by atoms with E-state index in [2.05, 4.69) is 26.6 Å². The summed E-state index contributed by atoms with van der Waals surface area (Å²) in [4.78, 5) is 11.9. The van der Waals surface area contributed by atoms with Gasteiger partial charge in [-0.2, -0.15) is 0 Å².